The molecule has 0 bridgehead atoms. The average molecular weight is 300 g/mol. The standard InChI is InChI=1S/C16H16N2O4/c1-9-14(10(2)22-17-9)15(19)18-6-5-11-3-4-12(16(20)21)7-13(11)8-18/h3-4,7H,5-6,8H2,1-2H3,(H,20,21). The Kier molecular flexibility index (Phi) is 3.44. The van der Waals surface area contributed by atoms with Crippen molar-refractivity contribution in [3.63, 3.8) is 0 Å². The molecule has 0 radical (unpaired) electrons. The van der Waals surface area contributed by atoms with Crippen LogP contribution in [0.2, 0.25) is 0 Å². The Hall–Kier alpha value is -2.63. The van der Waals surface area contributed by atoms with Crippen LogP contribution in [0.3, 0.4) is 0 Å². The lowest BCUT2D eigenvalue weighted by Gasteiger charge is -2.29. The predicted molar refractivity (Wildman–Crippen MR) is 77.8 cm³/mol. The highest BCUT2D eigenvalue weighted by Gasteiger charge is 2.26. The summed E-state index contributed by atoms with van der Waals surface area (Å²) < 4.78 is 5.05. The number of aromatic carboxylic acids is 1. The average Bonchev–Trinajstić information content (AvgIpc) is 2.84. The Morgan fingerprint density at radius 3 is 2.68 bits per heavy atom. The monoisotopic (exact) mass is 300 g/mol. The molecule has 0 spiro atoms. The van der Waals surface area contributed by atoms with Crippen LogP contribution >= 0.6 is 0 Å². The van der Waals surface area contributed by atoms with Crippen molar-refractivity contribution in [1.29, 1.82) is 0 Å². The minimum absolute atomic E-state index is 0.123. The van der Waals surface area contributed by atoms with Crippen LogP contribution in [0.15, 0.2) is 22.7 Å². The molecule has 0 saturated carbocycles. The van der Waals surface area contributed by atoms with E-state index in [1.807, 2.05) is 6.07 Å². The molecule has 1 aliphatic heterocycles. The zero-order valence-electron chi connectivity index (χ0n) is 12.4. The second-order valence-electron chi connectivity index (χ2n) is 5.46. The van der Waals surface area contributed by atoms with Gasteiger partial charge in [-0.3, -0.25) is 4.79 Å². The number of hydrogen-bond acceptors (Lipinski definition) is 4. The van der Waals surface area contributed by atoms with E-state index in [2.05, 4.69) is 5.16 Å². The van der Waals surface area contributed by atoms with E-state index >= 15 is 0 Å². The number of benzene rings is 1. The van der Waals surface area contributed by atoms with Crippen LogP contribution in [0, 0.1) is 13.8 Å². The molecule has 0 saturated heterocycles. The van der Waals surface area contributed by atoms with Gasteiger partial charge in [-0.25, -0.2) is 4.79 Å². The maximum atomic E-state index is 12.6. The lowest BCUT2D eigenvalue weighted by molar-refractivity contribution is 0.0696. The summed E-state index contributed by atoms with van der Waals surface area (Å²) in [6.45, 7) is 4.46. The van der Waals surface area contributed by atoms with Gasteiger partial charge in [0.1, 0.15) is 11.3 Å². The van der Waals surface area contributed by atoms with E-state index in [1.165, 1.54) is 0 Å². The Labute approximate surface area is 127 Å². The van der Waals surface area contributed by atoms with Gasteiger partial charge >= 0.3 is 5.97 Å². The van der Waals surface area contributed by atoms with Crippen LogP contribution < -0.4 is 0 Å². The van der Waals surface area contributed by atoms with Gasteiger partial charge in [-0.05, 0) is 43.5 Å². The molecule has 0 aliphatic carbocycles. The summed E-state index contributed by atoms with van der Waals surface area (Å²) in [5.41, 5.74) is 3.29. The number of aromatic nitrogens is 1. The third-order valence-electron chi connectivity index (χ3n) is 4.00. The van der Waals surface area contributed by atoms with Gasteiger partial charge in [-0.2, -0.15) is 0 Å². The second-order valence-corrected chi connectivity index (χ2v) is 5.46. The van der Waals surface area contributed by atoms with Gasteiger partial charge in [0.15, 0.2) is 0 Å². The first-order valence-corrected chi connectivity index (χ1v) is 7.04. The van der Waals surface area contributed by atoms with Crippen molar-refractivity contribution in [2.45, 2.75) is 26.8 Å². The Bertz CT molecular complexity index is 744. The number of carboxylic acids is 1. The van der Waals surface area contributed by atoms with Crippen molar-refractivity contribution >= 4 is 11.9 Å². The van der Waals surface area contributed by atoms with Crippen molar-refractivity contribution in [2.24, 2.45) is 0 Å². The van der Waals surface area contributed by atoms with Crippen molar-refractivity contribution in [3.05, 3.63) is 51.9 Å². The van der Waals surface area contributed by atoms with Crippen LogP contribution in [0.5, 0.6) is 0 Å². The van der Waals surface area contributed by atoms with Gasteiger partial charge in [0, 0.05) is 13.1 Å². The fourth-order valence-electron chi connectivity index (χ4n) is 2.81. The number of rotatable bonds is 2. The van der Waals surface area contributed by atoms with Gasteiger partial charge in [0.05, 0.1) is 11.3 Å². The normalized spacial score (nSPS) is 13.8. The van der Waals surface area contributed by atoms with Gasteiger partial charge in [0.2, 0.25) is 0 Å². The Balaban J connectivity index is 1.89. The predicted octanol–water partition coefficient (Wildman–Crippen LogP) is 2.19. The first-order valence-electron chi connectivity index (χ1n) is 7.04. The minimum Gasteiger partial charge on any atom is -0.478 e. The first-order chi connectivity index (χ1) is 10.5. The molecule has 2 heterocycles. The molecule has 114 valence electrons. The van der Waals surface area contributed by atoms with Crippen molar-refractivity contribution in [1.82, 2.24) is 10.1 Å². The van der Waals surface area contributed by atoms with E-state index in [0.717, 1.165) is 11.1 Å². The van der Waals surface area contributed by atoms with Crippen molar-refractivity contribution < 1.29 is 19.2 Å². The van der Waals surface area contributed by atoms with Crippen LogP contribution in [-0.4, -0.2) is 33.6 Å². The SMILES string of the molecule is Cc1noc(C)c1C(=O)N1CCc2ccc(C(=O)O)cc2C1. The lowest BCUT2D eigenvalue weighted by atomic mass is 9.96. The zero-order chi connectivity index (χ0) is 15.9. The molecular weight excluding hydrogens is 284 g/mol. The molecule has 1 aromatic heterocycles. The molecule has 0 unspecified atom stereocenters. The Morgan fingerprint density at radius 2 is 2.05 bits per heavy atom. The molecule has 6 heteroatoms. The molecule has 1 amide bonds. The summed E-state index contributed by atoms with van der Waals surface area (Å²) in [5, 5.41) is 12.9. The zero-order valence-corrected chi connectivity index (χ0v) is 12.4. The number of carbonyl (C=O) groups excluding carboxylic acids is 1. The summed E-state index contributed by atoms with van der Waals surface area (Å²) in [4.78, 5) is 25.4. The molecule has 1 aromatic carbocycles. The number of fused-ring (bicyclic) bond motifs is 1. The van der Waals surface area contributed by atoms with E-state index < -0.39 is 5.97 Å². The van der Waals surface area contributed by atoms with Gasteiger partial charge in [-0.15, -0.1) is 0 Å². The maximum absolute atomic E-state index is 12.6. The first kappa shape index (κ1) is 14.3. The van der Waals surface area contributed by atoms with Gasteiger partial charge in [0.25, 0.3) is 5.91 Å². The highest BCUT2D eigenvalue weighted by molar-refractivity contribution is 5.96. The van der Waals surface area contributed by atoms with E-state index in [4.69, 9.17) is 9.63 Å². The fraction of sp³-hybridized carbons (Fsp3) is 0.312. The highest BCUT2D eigenvalue weighted by atomic mass is 16.5. The molecule has 3 rings (SSSR count). The number of carboxylic acid groups (broad SMARTS) is 1. The largest absolute Gasteiger partial charge is 0.478 e. The summed E-state index contributed by atoms with van der Waals surface area (Å²) >= 11 is 0. The van der Waals surface area contributed by atoms with E-state index in [0.29, 0.717) is 36.5 Å². The van der Waals surface area contributed by atoms with Crippen molar-refractivity contribution in [3.8, 4) is 0 Å². The van der Waals surface area contributed by atoms with E-state index in [1.54, 1.807) is 30.9 Å². The Morgan fingerprint density at radius 1 is 1.27 bits per heavy atom. The molecule has 0 fully saturated rings. The number of aryl methyl sites for hydroxylation is 2. The van der Waals surface area contributed by atoms with Gasteiger partial charge in [-0.1, -0.05) is 11.2 Å². The molecule has 1 aliphatic rings. The maximum Gasteiger partial charge on any atom is 0.335 e. The smallest absolute Gasteiger partial charge is 0.335 e. The molecule has 6 nitrogen and oxygen atoms in total. The van der Waals surface area contributed by atoms with Crippen LogP contribution in [0.25, 0.3) is 0 Å². The summed E-state index contributed by atoms with van der Waals surface area (Å²) in [6.07, 6.45) is 0.713. The molecule has 1 N–H and O–H groups in total. The second kappa shape index (κ2) is 5.29. The van der Waals surface area contributed by atoms with E-state index in [9.17, 15) is 9.59 Å². The van der Waals surface area contributed by atoms with E-state index in [-0.39, 0.29) is 11.5 Å². The molecule has 2 aromatic rings. The topological polar surface area (TPSA) is 83.6 Å². The minimum atomic E-state index is -0.961. The molecular formula is C16H16N2O4. The summed E-state index contributed by atoms with van der Waals surface area (Å²) in [5.74, 6) is -0.577. The van der Waals surface area contributed by atoms with Crippen molar-refractivity contribution in [2.75, 3.05) is 6.54 Å². The fourth-order valence-corrected chi connectivity index (χ4v) is 2.81. The van der Waals surface area contributed by atoms with Crippen LogP contribution in [-0.2, 0) is 13.0 Å². The quantitative estimate of drug-likeness (QED) is 0.919. The number of nitrogens with zero attached hydrogens (tertiary/aromatic N) is 2. The highest BCUT2D eigenvalue weighted by Crippen LogP contribution is 2.23. The number of hydrogen-bond donors (Lipinski definition) is 1. The lowest BCUT2D eigenvalue weighted by Crippen LogP contribution is -2.36. The third kappa shape index (κ3) is 2.36. The molecule has 22 heavy (non-hydrogen) atoms. The number of carbonyl (C=O) groups is 2. The van der Waals surface area contributed by atoms with Gasteiger partial charge < -0.3 is 14.5 Å². The number of amides is 1. The van der Waals surface area contributed by atoms with Crippen LogP contribution in [0.1, 0.15) is 43.3 Å². The third-order valence-corrected chi connectivity index (χ3v) is 4.00. The van der Waals surface area contributed by atoms with Crippen LogP contribution in [0.4, 0.5) is 0 Å². The summed E-state index contributed by atoms with van der Waals surface area (Å²) in [6, 6.07) is 5.08. The molecule has 0 atom stereocenters. The summed E-state index contributed by atoms with van der Waals surface area (Å²) in [7, 11) is 0.